The third-order valence-electron chi connectivity index (χ3n) is 16.6. The van der Waals surface area contributed by atoms with Gasteiger partial charge in [0.15, 0.2) is 12.6 Å². The predicted octanol–water partition coefficient (Wildman–Crippen LogP) is 1.12. The Balaban J connectivity index is 1.13. The molecule has 14 nitrogen and oxygen atoms in total. The van der Waals surface area contributed by atoms with Gasteiger partial charge in [-0.05, 0) is 99.7 Å². The van der Waals surface area contributed by atoms with E-state index in [1.54, 1.807) is 13.8 Å². The van der Waals surface area contributed by atoms with Crippen LogP contribution in [0.2, 0.25) is 0 Å². The number of aliphatic hydroxyl groups is 10. The number of hydrogen-bond acceptors (Lipinski definition) is 14. The lowest BCUT2D eigenvalue weighted by molar-refractivity contribution is -0.341. The summed E-state index contributed by atoms with van der Waals surface area (Å²) in [5.41, 5.74) is -0.848. The van der Waals surface area contributed by atoms with E-state index >= 15 is 0 Å². The highest BCUT2D eigenvalue weighted by molar-refractivity contribution is 5.31. The van der Waals surface area contributed by atoms with Crippen LogP contribution < -0.4 is 0 Å². The van der Waals surface area contributed by atoms with Gasteiger partial charge >= 0.3 is 0 Å². The zero-order valence-corrected chi connectivity index (χ0v) is 34.6. The first kappa shape index (κ1) is 44.7. The van der Waals surface area contributed by atoms with Gasteiger partial charge in [-0.2, -0.15) is 0 Å². The molecule has 0 bridgehead atoms. The lowest BCUT2D eigenvalue weighted by Gasteiger charge is -2.67. The van der Waals surface area contributed by atoms with Crippen molar-refractivity contribution < 1.29 is 70.0 Å². The van der Waals surface area contributed by atoms with Crippen LogP contribution in [0.15, 0.2) is 11.6 Å². The van der Waals surface area contributed by atoms with Gasteiger partial charge in [0.05, 0.1) is 37.1 Å². The molecule has 0 amide bonds. The molecule has 0 aromatic heterocycles. The van der Waals surface area contributed by atoms with Crippen molar-refractivity contribution in [2.75, 3.05) is 13.2 Å². The molecule has 0 radical (unpaired) electrons. The van der Waals surface area contributed by atoms with Crippen LogP contribution in [0.3, 0.4) is 0 Å². The van der Waals surface area contributed by atoms with Crippen molar-refractivity contribution in [1.29, 1.82) is 0 Å². The molecular formula is C42H72O14. The SMILES string of the molecule is C[C@H](CC[C@@H](O[C@@H]1O[C@H](CO[C@@H]2O[C@H](CO)[C@@H](O)[C@H](O)[C@H]2O)[C@@H](O)[C@H](O)[C@H]1O)C(C)(C)O)C1CC[C@@]2(C)C3CC=C4C(CC[C@H](O)C4(C)C)C3(C)[C@H](O)C[C@]12C. The Hall–Kier alpha value is -0.820. The van der Waals surface area contributed by atoms with Crippen LogP contribution in [0.5, 0.6) is 0 Å². The third kappa shape index (κ3) is 7.26. The lowest BCUT2D eigenvalue weighted by Crippen LogP contribution is -2.64. The summed E-state index contributed by atoms with van der Waals surface area (Å²) in [6.07, 6.45) is -8.48. The number of fused-ring (bicyclic) bond motifs is 5. The highest BCUT2D eigenvalue weighted by atomic mass is 16.7. The van der Waals surface area contributed by atoms with Gasteiger partial charge < -0.3 is 70.0 Å². The van der Waals surface area contributed by atoms with Gasteiger partial charge in [0, 0.05) is 10.8 Å². The Morgan fingerprint density at radius 1 is 0.768 bits per heavy atom. The molecule has 6 aliphatic rings. The van der Waals surface area contributed by atoms with Crippen LogP contribution in [-0.4, -0.2) is 150 Å². The number of ether oxygens (including phenoxy) is 4. The maximum absolute atomic E-state index is 12.3. The summed E-state index contributed by atoms with van der Waals surface area (Å²) in [5.74, 6) is 1.00. The summed E-state index contributed by atoms with van der Waals surface area (Å²) < 4.78 is 23.1. The van der Waals surface area contributed by atoms with E-state index in [0.29, 0.717) is 25.2 Å². The van der Waals surface area contributed by atoms with Crippen LogP contribution in [0.1, 0.15) is 107 Å². The molecule has 10 N–H and O–H groups in total. The standard InChI is InChI=1S/C42H72O14/c1-20(21-15-16-40(6)26-12-10-22-23(11-13-27(44)38(22,2)3)42(26,8)28(45)17-41(21,40)7)9-14-29(39(4,5)52)56-37-35(51)33(49)31(47)25(55-37)19-53-36-34(50)32(48)30(46)24(18-43)54-36/h10,20-21,23-37,43-52H,9,11-19H2,1-8H3/t20-,21?,23?,24-,25-,26?,27+,28-,29-,30-,31-,32+,33+,34-,35-,36-,37+,40+,41-,42?/m1/s1. The van der Waals surface area contributed by atoms with Crippen molar-refractivity contribution in [3.63, 3.8) is 0 Å². The molecule has 2 heterocycles. The first-order valence-electron chi connectivity index (χ1n) is 21.0. The van der Waals surface area contributed by atoms with E-state index in [0.717, 1.165) is 32.1 Å². The molecule has 2 saturated heterocycles. The summed E-state index contributed by atoms with van der Waals surface area (Å²) in [6.45, 7) is 15.7. The largest absolute Gasteiger partial charge is 0.394 e. The Bertz CT molecular complexity index is 1400. The van der Waals surface area contributed by atoms with E-state index in [4.69, 9.17) is 18.9 Å². The average molecular weight is 801 g/mol. The smallest absolute Gasteiger partial charge is 0.187 e. The third-order valence-corrected chi connectivity index (χ3v) is 16.6. The molecule has 324 valence electrons. The van der Waals surface area contributed by atoms with E-state index < -0.39 is 92.4 Å². The molecular weight excluding hydrogens is 728 g/mol. The number of allylic oxidation sites excluding steroid dienone is 1. The van der Waals surface area contributed by atoms with Crippen molar-refractivity contribution in [2.45, 2.75) is 192 Å². The van der Waals surface area contributed by atoms with E-state index in [-0.39, 0.29) is 45.5 Å². The quantitative estimate of drug-likeness (QED) is 0.132. The van der Waals surface area contributed by atoms with Crippen LogP contribution >= 0.6 is 0 Å². The lowest BCUT2D eigenvalue weighted by atomic mass is 9.38. The molecule has 0 spiro atoms. The van der Waals surface area contributed by atoms with Crippen LogP contribution in [0, 0.1) is 45.3 Å². The maximum atomic E-state index is 12.3. The van der Waals surface area contributed by atoms with Gasteiger partial charge in [0.25, 0.3) is 0 Å². The highest BCUT2D eigenvalue weighted by Gasteiger charge is 2.70. The summed E-state index contributed by atoms with van der Waals surface area (Å²) in [6, 6.07) is 0. The van der Waals surface area contributed by atoms with Gasteiger partial charge in [0.2, 0.25) is 0 Å². The molecule has 4 aliphatic carbocycles. The topological polar surface area (TPSA) is 239 Å². The molecule has 4 unspecified atom stereocenters. The van der Waals surface area contributed by atoms with Crippen molar-refractivity contribution in [3.05, 3.63) is 11.6 Å². The zero-order valence-electron chi connectivity index (χ0n) is 34.6. The van der Waals surface area contributed by atoms with Crippen molar-refractivity contribution >= 4 is 0 Å². The minimum atomic E-state index is -1.71. The van der Waals surface area contributed by atoms with Gasteiger partial charge in [-0.1, -0.05) is 53.2 Å². The molecule has 6 rings (SSSR count). The van der Waals surface area contributed by atoms with Crippen LogP contribution in [0.4, 0.5) is 0 Å². The van der Waals surface area contributed by atoms with Crippen LogP contribution in [0.25, 0.3) is 0 Å². The Kier molecular flexibility index (Phi) is 12.7. The predicted molar refractivity (Wildman–Crippen MR) is 202 cm³/mol. The first-order chi connectivity index (χ1) is 25.9. The minimum Gasteiger partial charge on any atom is -0.394 e. The fraction of sp³-hybridized carbons (Fsp3) is 0.952. The van der Waals surface area contributed by atoms with E-state index in [1.165, 1.54) is 5.57 Å². The number of aliphatic hydroxyl groups excluding tert-OH is 9. The Morgan fingerprint density at radius 3 is 2.00 bits per heavy atom. The normalized spacial score (nSPS) is 50.3. The summed E-state index contributed by atoms with van der Waals surface area (Å²) >= 11 is 0. The number of hydrogen-bond donors (Lipinski definition) is 10. The minimum absolute atomic E-state index is 0.0159. The van der Waals surface area contributed by atoms with Gasteiger partial charge in [-0.25, -0.2) is 0 Å². The van der Waals surface area contributed by atoms with Gasteiger partial charge in [-0.3, -0.25) is 0 Å². The average Bonchev–Trinajstić information content (AvgIpc) is 3.40. The van der Waals surface area contributed by atoms with E-state index in [1.807, 2.05) is 0 Å². The number of rotatable bonds is 11. The zero-order chi connectivity index (χ0) is 41.5. The monoisotopic (exact) mass is 800 g/mol. The summed E-state index contributed by atoms with van der Waals surface area (Å²) in [4.78, 5) is 0. The Labute approximate surface area is 331 Å². The molecule has 5 fully saturated rings. The highest BCUT2D eigenvalue weighted by Crippen LogP contribution is 2.75. The van der Waals surface area contributed by atoms with Crippen molar-refractivity contribution in [1.82, 2.24) is 0 Å². The first-order valence-corrected chi connectivity index (χ1v) is 21.0. The van der Waals surface area contributed by atoms with Gasteiger partial charge in [0.1, 0.15) is 48.8 Å². The van der Waals surface area contributed by atoms with E-state index in [9.17, 15) is 51.1 Å². The van der Waals surface area contributed by atoms with Crippen molar-refractivity contribution in [3.8, 4) is 0 Å². The second-order valence-electron chi connectivity index (χ2n) is 20.3. The summed E-state index contributed by atoms with van der Waals surface area (Å²) in [5, 5.41) is 107. The molecule has 14 heteroatoms. The molecule has 20 atom stereocenters. The maximum Gasteiger partial charge on any atom is 0.187 e. The molecule has 56 heavy (non-hydrogen) atoms. The molecule has 0 aromatic rings. The second-order valence-corrected chi connectivity index (χ2v) is 20.3. The fourth-order valence-electron chi connectivity index (χ4n) is 12.6. The second kappa shape index (κ2) is 15.9. The molecule has 2 aliphatic heterocycles. The summed E-state index contributed by atoms with van der Waals surface area (Å²) in [7, 11) is 0. The van der Waals surface area contributed by atoms with E-state index in [2.05, 4.69) is 47.6 Å². The molecule has 0 aromatic carbocycles. The molecule has 3 saturated carbocycles. The Morgan fingerprint density at radius 2 is 1.38 bits per heavy atom. The van der Waals surface area contributed by atoms with Crippen LogP contribution in [-0.2, 0) is 18.9 Å². The van der Waals surface area contributed by atoms with Crippen molar-refractivity contribution in [2.24, 2.45) is 45.3 Å². The van der Waals surface area contributed by atoms with Gasteiger partial charge in [-0.15, -0.1) is 0 Å². The fourth-order valence-corrected chi connectivity index (χ4v) is 12.6.